The van der Waals surface area contributed by atoms with Gasteiger partial charge in [0.25, 0.3) is 0 Å². The lowest BCUT2D eigenvalue weighted by Crippen LogP contribution is -2.43. The zero-order chi connectivity index (χ0) is 18.3. The largest absolute Gasteiger partial charge is 0.494 e. The lowest BCUT2D eigenvalue weighted by atomic mass is 10.0. The van der Waals surface area contributed by atoms with Crippen LogP contribution in [0.25, 0.3) is 0 Å². The van der Waals surface area contributed by atoms with Crippen molar-refractivity contribution in [2.24, 2.45) is 0 Å². The highest BCUT2D eigenvalue weighted by molar-refractivity contribution is 7.90. The van der Waals surface area contributed by atoms with Gasteiger partial charge in [0.2, 0.25) is 5.91 Å². The molecular formula is C18H28N2O4S. The number of unbranched alkanes of at least 4 members (excludes halogenated alkanes) is 1. The van der Waals surface area contributed by atoms with Gasteiger partial charge in [-0.05, 0) is 63.0 Å². The van der Waals surface area contributed by atoms with E-state index in [1.54, 1.807) is 24.3 Å². The van der Waals surface area contributed by atoms with E-state index in [0.29, 0.717) is 24.8 Å². The summed E-state index contributed by atoms with van der Waals surface area (Å²) in [6.07, 6.45) is 5.34. The van der Waals surface area contributed by atoms with Crippen molar-refractivity contribution in [1.82, 2.24) is 10.2 Å². The molecule has 1 fully saturated rings. The molecular weight excluding hydrogens is 340 g/mol. The summed E-state index contributed by atoms with van der Waals surface area (Å²) in [5, 5.41) is 3.31. The fourth-order valence-corrected chi connectivity index (χ4v) is 3.56. The van der Waals surface area contributed by atoms with Crippen LogP contribution < -0.4 is 10.1 Å². The molecule has 1 N–H and O–H groups in total. The van der Waals surface area contributed by atoms with Crippen LogP contribution in [0.5, 0.6) is 5.75 Å². The molecule has 0 atom stereocenters. The van der Waals surface area contributed by atoms with Gasteiger partial charge in [0.05, 0.1) is 11.5 Å². The van der Waals surface area contributed by atoms with Gasteiger partial charge in [0.1, 0.15) is 5.75 Å². The average molecular weight is 368 g/mol. The molecule has 2 rings (SSSR count). The Bertz CT molecular complexity index is 652. The van der Waals surface area contributed by atoms with Gasteiger partial charge in [0.15, 0.2) is 9.84 Å². The smallest absolute Gasteiger partial charge is 0.222 e. The zero-order valence-electron chi connectivity index (χ0n) is 15.0. The van der Waals surface area contributed by atoms with E-state index in [0.717, 1.165) is 38.8 Å². The van der Waals surface area contributed by atoms with E-state index in [2.05, 4.69) is 5.32 Å². The Morgan fingerprint density at radius 1 is 1.20 bits per heavy atom. The van der Waals surface area contributed by atoms with E-state index >= 15 is 0 Å². The van der Waals surface area contributed by atoms with Crippen LogP contribution in [0.1, 0.15) is 32.1 Å². The topological polar surface area (TPSA) is 75.7 Å². The first-order chi connectivity index (χ1) is 11.9. The number of nitrogens with zero attached hydrogens (tertiary/aromatic N) is 1. The van der Waals surface area contributed by atoms with Crippen molar-refractivity contribution in [3.05, 3.63) is 24.3 Å². The maximum absolute atomic E-state index is 12.2. The van der Waals surface area contributed by atoms with Crippen LogP contribution in [-0.4, -0.2) is 58.3 Å². The maximum atomic E-state index is 12.2. The first-order valence-electron chi connectivity index (χ1n) is 8.77. The van der Waals surface area contributed by atoms with Crippen LogP contribution >= 0.6 is 0 Å². The third-order valence-corrected chi connectivity index (χ3v) is 5.68. The molecule has 0 saturated carbocycles. The summed E-state index contributed by atoms with van der Waals surface area (Å²) in [5.74, 6) is 0.843. The molecule has 1 aliphatic heterocycles. The number of sulfone groups is 1. The van der Waals surface area contributed by atoms with Crippen molar-refractivity contribution < 1.29 is 17.9 Å². The minimum absolute atomic E-state index is 0.199. The molecule has 0 bridgehead atoms. The van der Waals surface area contributed by atoms with Gasteiger partial charge in [-0.15, -0.1) is 0 Å². The van der Waals surface area contributed by atoms with Crippen LogP contribution in [0.2, 0.25) is 0 Å². The van der Waals surface area contributed by atoms with Crippen LogP contribution in [-0.2, 0) is 14.6 Å². The number of ether oxygens (including phenoxy) is 1. The molecule has 1 heterocycles. The molecule has 25 heavy (non-hydrogen) atoms. The van der Waals surface area contributed by atoms with E-state index in [-0.39, 0.29) is 10.8 Å². The number of carbonyl (C=O) groups excluding carboxylic acids is 1. The number of hydrogen-bond acceptors (Lipinski definition) is 5. The summed E-state index contributed by atoms with van der Waals surface area (Å²) in [6, 6.07) is 6.77. The molecule has 0 unspecified atom stereocenters. The second kappa shape index (κ2) is 9.20. The van der Waals surface area contributed by atoms with E-state index in [1.807, 2.05) is 11.9 Å². The Morgan fingerprint density at radius 3 is 2.44 bits per heavy atom. The summed E-state index contributed by atoms with van der Waals surface area (Å²) >= 11 is 0. The normalized spacial score (nSPS) is 15.8. The van der Waals surface area contributed by atoms with Gasteiger partial charge >= 0.3 is 0 Å². The van der Waals surface area contributed by atoms with E-state index < -0.39 is 9.84 Å². The number of amides is 1. The molecule has 1 aliphatic rings. The molecule has 1 aromatic rings. The number of carbonyl (C=O) groups is 1. The number of rotatable bonds is 8. The Morgan fingerprint density at radius 2 is 1.84 bits per heavy atom. The van der Waals surface area contributed by atoms with Crippen LogP contribution in [0.15, 0.2) is 29.2 Å². The highest BCUT2D eigenvalue weighted by Gasteiger charge is 2.21. The van der Waals surface area contributed by atoms with Crippen molar-refractivity contribution in [2.45, 2.75) is 43.0 Å². The van der Waals surface area contributed by atoms with Crippen molar-refractivity contribution in [3.63, 3.8) is 0 Å². The second-order valence-electron chi connectivity index (χ2n) is 6.53. The van der Waals surface area contributed by atoms with Gasteiger partial charge < -0.3 is 15.0 Å². The molecule has 1 amide bonds. The lowest BCUT2D eigenvalue weighted by Gasteiger charge is -2.31. The predicted molar refractivity (Wildman–Crippen MR) is 97.6 cm³/mol. The fraction of sp³-hybridized carbons (Fsp3) is 0.611. The van der Waals surface area contributed by atoms with E-state index in [9.17, 15) is 13.2 Å². The predicted octanol–water partition coefficient (Wildman–Crippen LogP) is 1.85. The minimum atomic E-state index is -3.18. The first kappa shape index (κ1) is 19.7. The van der Waals surface area contributed by atoms with Gasteiger partial charge in [-0.2, -0.15) is 0 Å². The van der Waals surface area contributed by atoms with Crippen LogP contribution in [0, 0.1) is 0 Å². The summed E-state index contributed by atoms with van der Waals surface area (Å²) in [7, 11) is -1.28. The molecule has 0 radical (unpaired) electrons. The van der Waals surface area contributed by atoms with E-state index in [1.165, 1.54) is 6.26 Å². The van der Waals surface area contributed by atoms with Gasteiger partial charge in [-0.1, -0.05) is 0 Å². The van der Waals surface area contributed by atoms with Crippen molar-refractivity contribution in [3.8, 4) is 5.75 Å². The lowest BCUT2D eigenvalue weighted by molar-refractivity contribution is -0.132. The molecule has 0 aromatic heterocycles. The Kier molecular flexibility index (Phi) is 7.25. The molecule has 1 saturated heterocycles. The Hall–Kier alpha value is -1.60. The van der Waals surface area contributed by atoms with Crippen LogP contribution in [0.3, 0.4) is 0 Å². The van der Waals surface area contributed by atoms with Gasteiger partial charge in [-0.25, -0.2) is 8.42 Å². The number of benzene rings is 1. The fourth-order valence-electron chi connectivity index (χ4n) is 2.93. The molecule has 6 nitrogen and oxygen atoms in total. The first-order valence-corrected chi connectivity index (χ1v) is 10.7. The molecule has 7 heteroatoms. The molecule has 0 spiro atoms. The SMILES string of the molecule is CN(C(=O)CCCCOc1ccc(S(C)(=O)=O)cc1)C1CCNCC1. The second-order valence-corrected chi connectivity index (χ2v) is 8.55. The van der Waals surface area contributed by atoms with E-state index in [4.69, 9.17) is 4.74 Å². The third-order valence-electron chi connectivity index (χ3n) is 4.56. The summed E-state index contributed by atoms with van der Waals surface area (Å²) in [5.41, 5.74) is 0. The summed E-state index contributed by atoms with van der Waals surface area (Å²) in [4.78, 5) is 14.4. The quantitative estimate of drug-likeness (QED) is 0.709. The number of piperidine rings is 1. The monoisotopic (exact) mass is 368 g/mol. The average Bonchev–Trinajstić information content (AvgIpc) is 2.61. The summed E-state index contributed by atoms with van der Waals surface area (Å²) in [6.45, 7) is 2.48. The van der Waals surface area contributed by atoms with Gasteiger partial charge in [0, 0.05) is 25.8 Å². The third kappa shape index (κ3) is 6.32. The highest BCUT2D eigenvalue weighted by atomic mass is 32.2. The van der Waals surface area contributed by atoms with Crippen molar-refractivity contribution in [1.29, 1.82) is 0 Å². The standard InChI is InChI=1S/C18H28N2O4S/c1-20(15-10-12-19-13-11-15)18(21)5-3-4-14-24-16-6-8-17(9-7-16)25(2,22)23/h6-9,15,19H,3-5,10-14H2,1-2H3. The zero-order valence-corrected chi connectivity index (χ0v) is 15.8. The van der Waals surface area contributed by atoms with Crippen LogP contribution in [0.4, 0.5) is 0 Å². The van der Waals surface area contributed by atoms with Crippen molar-refractivity contribution in [2.75, 3.05) is 33.0 Å². The highest BCUT2D eigenvalue weighted by Crippen LogP contribution is 2.16. The molecule has 1 aromatic carbocycles. The Balaban J connectivity index is 1.65. The van der Waals surface area contributed by atoms with Gasteiger partial charge in [-0.3, -0.25) is 4.79 Å². The summed E-state index contributed by atoms with van der Waals surface area (Å²) < 4.78 is 28.4. The number of hydrogen-bond donors (Lipinski definition) is 1. The Labute approximate surface area is 150 Å². The molecule has 0 aliphatic carbocycles. The maximum Gasteiger partial charge on any atom is 0.222 e. The number of nitrogens with one attached hydrogen (secondary N) is 1. The minimum Gasteiger partial charge on any atom is -0.494 e. The van der Waals surface area contributed by atoms with Crippen molar-refractivity contribution >= 4 is 15.7 Å². The molecule has 140 valence electrons.